The molecule has 1 aromatic carbocycles. The first-order chi connectivity index (χ1) is 14.4. The summed E-state index contributed by atoms with van der Waals surface area (Å²) in [7, 11) is 3.72. The first-order valence-electron chi connectivity index (χ1n) is 10.2. The lowest BCUT2D eigenvalue weighted by atomic mass is 9.92. The van der Waals surface area contributed by atoms with Gasteiger partial charge in [-0.1, -0.05) is 13.0 Å². The second-order valence-corrected chi connectivity index (χ2v) is 8.15. The molecule has 2 atom stereocenters. The van der Waals surface area contributed by atoms with E-state index in [-0.39, 0.29) is 5.92 Å². The van der Waals surface area contributed by atoms with E-state index in [0.29, 0.717) is 54.9 Å². The number of β-amino-alcohol motifs (C(OH)–C–C–N with tert-alkyl or cyclic N) is 1. The molecule has 30 heavy (non-hydrogen) atoms. The van der Waals surface area contributed by atoms with Crippen molar-refractivity contribution in [2.24, 2.45) is 0 Å². The normalized spacial score (nSPS) is 21.5. The molecule has 0 spiro atoms. The largest absolute Gasteiger partial charge is 0.492 e. The minimum absolute atomic E-state index is 0.144. The summed E-state index contributed by atoms with van der Waals surface area (Å²) in [5.74, 6) is 1.29. The average Bonchev–Trinajstić information content (AvgIpc) is 2.96. The highest BCUT2D eigenvalue weighted by Crippen LogP contribution is 2.45. The van der Waals surface area contributed by atoms with E-state index in [2.05, 4.69) is 27.5 Å². The molecule has 0 amide bonds. The Bertz CT molecular complexity index is 994. The summed E-state index contributed by atoms with van der Waals surface area (Å²) < 4.78 is 21.7. The lowest BCUT2D eigenvalue weighted by Gasteiger charge is -2.18. The van der Waals surface area contributed by atoms with Crippen molar-refractivity contribution in [3.8, 4) is 5.75 Å². The van der Waals surface area contributed by atoms with Crippen LogP contribution in [-0.4, -0.2) is 59.9 Å². The molecule has 0 bridgehead atoms. The number of nitrogens with zero attached hydrogens (tertiary/aromatic N) is 3. The molecular formula is C22H28FN5O2. The molecule has 1 aromatic heterocycles. The molecule has 0 saturated carbocycles. The number of anilines is 3. The van der Waals surface area contributed by atoms with Crippen molar-refractivity contribution in [2.75, 3.05) is 44.4 Å². The molecule has 0 saturated heterocycles. The number of halogens is 1. The second kappa shape index (κ2) is 8.20. The van der Waals surface area contributed by atoms with Crippen LogP contribution in [0.25, 0.3) is 5.57 Å². The topological polar surface area (TPSA) is 82.5 Å². The molecule has 160 valence electrons. The van der Waals surface area contributed by atoms with Crippen molar-refractivity contribution in [2.45, 2.75) is 32.3 Å². The first-order valence-corrected chi connectivity index (χ1v) is 10.2. The van der Waals surface area contributed by atoms with E-state index in [0.717, 1.165) is 16.8 Å². The zero-order chi connectivity index (χ0) is 21.4. The van der Waals surface area contributed by atoms with Crippen molar-refractivity contribution < 1.29 is 14.2 Å². The maximum Gasteiger partial charge on any atom is 0.229 e. The van der Waals surface area contributed by atoms with Crippen LogP contribution >= 0.6 is 0 Å². The van der Waals surface area contributed by atoms with E-state index in [4.69, 9.17) is 4.74 Å². The van der Waals surface area contributed by atoms with Gasteiger partial charge in [-0.3, -0.25) is 0 Å². The highest BCUT2D eigenvalue weighted by atomic mass is 19.1. The van der Waals surface area contributed by atoms with Gasteiger partial charge in [0, 0.05) is 49.8 Å². The van der Waals surface area contributed by atoms with E-state index >= 15 is 4.39 Å². The van der Waals surface area contributed by atoms with Gasteiger partial charge >= 0.3 is 0 Å². The van der Waals surface area contributed by atoms with Gasteiger partial charge in [-0.25, -0.2) is 9.37 Å². The molecule has 2 aliphatic rings. The van der Waals surface area contributed by atoms with Crippen LogP contribution < -0.4 is 15.4 Å². The third-order valence-electron chi connectivity index (χ3n) is 5.56. The van der Waals surface area contributed by atoms with Crippen molar-refractivity contribution >= 4 is 23.0 Å². The highest BCUT2D eigenvalue weighted by Gasteiger charge is 2.31. The number of hydrogen-bond donors (Lipinski definition) is 3. The molecule has 3 heterocycles. The summed E-state index contributed by atoms with van der Waals surface area (Å²) >= 11 is 0. The number of fused-ring (bicyclic) bond motifs is 1. The number of rotatable bonds is 4. The van der Waals surface area contributed by atoms with Crippen LogP contribution in [0.4, 0.5) is 21.8 Å². The Morgan fingerprint density at radius 2 is 2.10 bits per heavy atom. The molecule has 8 heteroatoms. The number of aliphatic hydroxyl groups is 1. The standard InChI is InChI=1S/C22H28FN5O2/c1-12-11-30-21-16(12)9-17(26-22-25-13(2)7-18(24-3)27-22)20(23)19(21)14-5-6-28(4)10-15(29)8-14/h5,7,9,12,15,29H,6,8,10-11H2,1-4H3,(H2,24,25,26,27)/t12-,15-/m0/s1. The van der Waals surface area contributed by atoms with Gasteiger partial charge in [0.05, 0.1) is 24.0 Å². The van der Waals surface area contributed by atoms with Crippen LogP contribution in [-0.2, 0) is 0 Å². The predicted octanol–water partition coefficient (Wildman–Crippen LogP) is 3.29. The quantitative estimate of drug-likeness (QED) is 0.710. The molecule has 0 fully saturated rings. The Kier molecular flexibility index (Phi) is 5.62. The van der Waals surface area contributed by atoms with E-state index < -0.39 is 11.9 Å². The summed E-state index contributed by atoms with van der Waals surface area (Å²) in [4.78, 5) is 10.8. The van der Waals surface area contributed by atoms with Gasteiger partial charge in [0.1, 0.15) is 11.6 Å². The summed E-state index contributed by atoms with van der Waals surface area (Å²) in [5.41, 5.74) is 3.22. The number of likely N-dealkylation sites (N-methyl/N-ethyl adjacent to an activating group) is 1. The fourth-order valence-electron chi connectivity index (χ4n) is 4.04. The minimum atomic E-state index is -0.562. The number of benzene rings is 1. The van der Waals surface area contributed by atoms with Crippen LogP contribution in [0.5, 0.6) is 5.75 Å². The SMILES string of the molecule is CNc1cc(C)nc(Nc2cc3c(c(C4=CCN(C)C[C@@H](O)C4)c2F)OC[C@@H]3C)n1. The number of aryl methyl sites for hydroxylation is 1. The monoisotopic (exact) mass is 413 g/mol. The molecular weight excluding hydrogens is 385 g/mol. The Morgan fingerprint density at radius 3 is 2.87 bits per heavy atom. The number of aromatic nitrogens is 2. The van der Waals surface area contributed by atoms with Crippen molar-refractivity contribution in [1.29, 1.82) is 0 Å². The highest BCUT2D eigenvalue weighted by molar-refractivity contribution is 5.78. The van der Waals surface area contributed by atoms with Crippen LogP contribution in [0.1, 0.15) is 36.1 Å². The van der Waals surface area contributed by atoms with E-state index in [1.54, 1.807) is 13.1 Å². The summed E-state index contributed by atoms with van der Waals surface area (Å²) in [6.45, 7) is 5.61. The van der Waals surface area contributed by atoms with E-state index in [1.165, 1.54) is 0 Å². The zero-order valence-electron chi connectivity index (χ0n) is 17.8. The predicted molar refractivity (Wildman–Crippen MR) is 116 cm³/mol. The smallest absolute Gasteiger partial charge is 0.229 e. The van der Waals surface area contributed by atoms with Gasteiger partial charge in [0.15, 0.2) is 5.82 Å². The second-order valence-electron chi connectivity index (χ2n) is 8.15. The molecule has 0 unspecified atom stereocenters. The number of hydrogen-bond acceptors (Lipinski definition) is 7. The number of nitrogens with one attached hydrogen (secondary N) is 2. The van der Waals surface area contributed by atoms with Crippen molar-refractivity contribution in [3.05, 3.63) is 40.8 Å². The summed E-state index contributed by atoms with van der Waals surface area (Å²) in [6, 6.07) is 3.61. The van der Waals surface area contributed by atoms with Gasteiger partial charge in [-0.05, 0) is 25.6 Å². The van der Waals surface area contributed by atoms with Crippen LogP contribution in [0, 0.1) is 12.7 Å². The maximum atomic E-state index is 15.8. The maximum absolute atomic E-state index is 15.8. The average molecular weight is 413 g/mol. The van der Waals surface area contributed by atoms with Crippen molar-refractivity contribution in [1.82, 2.24) is 14.9 Å². The molecule has 4 rings (SSSR count). The molecule has 0 aliphatic carbocycles. The molecule has 2 aromatic rings. The lowest BCUT2D eigenvalue weighted by molar-refractivity contribution is 0.139. The number of aliphatic hydroxyl groups excluding tert-OH is 1. The van der Waals surface area contributed by atoms with E-state index in [9.17, 15) is 5.11 Å². The van der Waals surface area contributed by atoms with Gasteiger partial charge < -0.3 is 25.4 Å². The van der Waals surface area contributed by atoms with Crippen LogP contribution in [0.15, 0.2) is 18.2 Å². The van der Waals surface area contributed by atoms with Crippen LogP contribution in [0.2, 0.25) is 0 Å². The summed E-state index contributed by atoms with van der Waals surface area (Å²) in [5, 5.41) is 16.4. The Hall–Kier alpha value is -2.71. The molecule has 2 aliphatic heterocycles. The van der Waals surface area contributed by atoms with Gasteiger partial charge in [-0.15, -0.1) is 0 Å². The Balaban J connectivity index is 1.81. The minimum Gasteiger partial charge on any atom is -0.492 e. The third kappa shape index (κ3) is 3.97. The van der Waals surface area contributed by atoms with Crippen LogP contribution in [0.3, 0.4) is 0 Å². The fraction of sp³-hybridized carbons (Fsp3) is 0.455. The molecule has 7 nitrogen and oxygen atoms in total. The van der Waals surface area contributed by atoms with Gasteiger partial charge in [0.25, 0.3) is 0 Å². The Labute approximate surface area is 176 Å². The molecule has 3 N–H and O–H groups in total. The third-order valence-corrected chi connectivity index (χ3v) is 5.56. The fourth-order valence-corrected chi connectivity index (χ4v) is 4.04. The van der Waals surface area contributed by atoms with Gasteiger partial charge in [0.2, 0.25) is 5.95 Å². The van der Waals surface area contributed by atoms with Gasteiger partial charge in [-0.2, -0.15) is 4.98 Å². The lowest BCUT2D eigenvalue weighted by Crippen LogP contribution is -2.27. The molecule has 0 radical (unpaired) electrons. The first kappa shape index (κ1) is 20.6. The Morgan fingerprint density at radius 1 is 1.30 bits per heavy atom. The van der Waals surface area contributed by atoms with Crippen molar-refractivity contribution in [3.63, 3.8) is 0 Å². The summed E-state index contributed by atoms with van der Waals surface area (Å²) in [6.07, 6.45) is 1.79. The van der Waals surface area contributed by atoms with E-state index in [1.807, 2.05) is 31.0 Å². The number of ether oxygens (including phenoxy) is 1. The zero-order valence-corrected chi connectivity index (χ0v) is 17.8.